The van der Waals surface area contributed by atoms with Gasteiger partial charge in [0.25, 0.3) is 5.91 Å². The van der Waals surface area contributed by atoms with E-state index in [0.29, 0.717) is 4.34 Å². The maximum atomic E-state index is 13.6. The van der Waals surface area contributed by atoms with Gasteiger partial charge in [-0.3, -0.25) is 4.79 Å². The molecule has 0 saturated carbocycles. The van der Waals surface area contributed by atoms with E-state index in [2.05, 4.69) is 5.32 Å². The maximum Gasteiger partial charge on any atom is 0.265 e. The van der Waals surface area contributed by atoms with Gasteiger partial charge in [0.15, 0.2) is 0 Å². The van der Waals surface area contributed by atoms with Crippen molar-refractivity contribution in [3.8, 4) is 0 Å². The predicted octanol–water partition coefficient (Wildman–Crippen LogP) is 2.44. The first-order chi connectivity index (χ1) is 9.27. The number of nitrogens with one attached hydrogen (secondary N) is 1. The monoisotopic (exact) mass is 334 g/mol. The van der Waals surface area contributed by atoms with Gasteiger partial charge in [0.2, 0.25) is 10.0 Å². The Kier molecular flexibility index (Phi) is 4.09. The van der Waals surface area contributed by atoms with E-state index in [1.807, 2.05) is 0 Å². The molecule has 106 valence electrons. The second kappa shape index (κ2) is 5.49. The van der Waals surface area contributed by atoms with Crippen LogP contribution in [0.5, 0.6) is 0 Å². The molecule has 9 heteroatoms. The van der Waals surface area contributed by atoms with Crippen LogP contribution in [0.2, 0.25) is 4.34 Å². The number of carbonyl (C=O) groups excluding carboxylic acids is 1. The minimum atomic E-state index is -3.97. The highest BCUT2D eigenvalue weighted by Gasteiger charge is 2.15. The Bertz CT molecular complexity index is 774. The minimum absolute atomic E-state index is 0.272. The highest BCUT2D eigenvalue weighted by Crippen LogP contribution is 2.24. The van der Waals surface area contributed by atoms with Gasteiger partial charge in [-0.2, -0.15) is 0 Å². The Balaban J connectivity index is 2.31. The van der Waals surface area contributed by atoms with Gasteiger partial charge in [-0.15, -0.1) is 11.3 Å². The fourth-order valence-corrected chi connectivity index (χ4v) is 2.88. The largest absolute Gasteiger partial charge is 0.319 e. The number of carbonyl (C=O) groups is 1. The summed E-state index contributed by atoms with van der Waals surface area (Å²) in [4.78, 5) is 11.8. The number of benzene rings is 1. The third-order valence-electron chi connectivity index (χ3n) is 2.31. The maximum absolute atomic E-state index is 13.6. The van der Waals surface area contributed by atoms with Crippen LogP contribution in [0.1, 0.15) is 9.67 Å². The fraction of sp³-hybridized carbons (Fsp3) is 0. The average Bonchev–Trinajstić information content (AvgIpc) is 2.77. The van der Waals surface area contributed by atoms with E-state index >= 15 is 0 Å². The molecule has 0 spiro atoms. The van der Waals surface area contributed by atoms with Gasteiger partial charge in [0, 0.05) is 0 Å². The minimum Gasteiger partial charge on any atom is -0.319 e. The first-order valence-corrected chi connectivity index (χ1v) is 7.90. The fourth-order valence-electron chi connectivity index (χ4n) is 1.40. The van der Waals surface area contributed by atoms with Crippen LogP contribution in [0.15, 0.2) is 35.2 Å². The van der Waals surface area contributed by atoms with Gasteiger partial charge in [-0.1, -0.05) is 11.6 Å². The molecule has 0 atom stereocenters. The van der Waals surface area contributed by atoms with Gasteiger partial charge in [-0.05, 0) is 30.3 Å². The number of nitrogens with two attached hydrogens (primary N) is 1. The molecule has 20 heavy (non-hydrogen) atoms. The van der Waals surface area contributed by atoms with Crippen molar-refractivity contribution in [1.29, 1.82) is 0 Å². The van der Waals surface area contributed by atoms with E-state index in [9.17, 15) is 17.6 Å². The summed E-state index contributed by atoms with van der Waals surface area (Å²) < 4.78 is 36.3. The van der Waals surface area contributed by atoms with E-state index in [1.165, 1.54) is 12.1 Å². The molecule has 1 aromatic carbocycles. The molecule has 1 amide bonds. The molecule has 0 fully saturated rings. The van der Waals surface area contributed by atoms with E-state index in [-0.39, 0.29) is 15.5 Å². The highest BCUT2D eigenvalue weighted by molar-refractivity contribution is 7.89. The number of hydrogen-bond donors (Lipinski definition) is 2. The number of rotatable bonds is 3. The number of halogens is 2. The molecule has 5 nitrogen and oxygen atoms in total. The normalized spacial score (nSPS) is 11.3. The van der Waals surface area contributed by atoms with Crippen LogP contribution < -0.4 is 10.5 Å². The van der Waals surface area contributed by atoms with Crippen molar-refractivity contribution in [2.75, 3.05) is 5.32 Å². The summed E-state index contributed by atoms with van der Waals surface area (Å²) >= 11 is 6.71. The summed E-state index contributed by atoms with van der Waals surface area (Å²) in [5.41, 5.74) is -0.272. The molecule has 0 bridgehead atoms. The Morgan fingerprint density at radius 3 is 2.55 bits per heavy atom. The quantitative estimate of drug-likeness (QED) is 0.903. The zero-order valence-corrected chi connectivity index (χ0v) is 12.2. The number of thiophene rings is 1. The smallest absolute Gasteiger partial charge is 0.265 e. The van der Waals surface area contributed by atoms with Crippen LogP contribution >= 0.6 is 22.9 Å². The molecule has 0 aliphatic rings. The number of sulfonamides is 1. The van der Waals surface area contributed by atoms with Crippen molar-refractivity contribution in [3.63, 3.8) is 0 Å². The second-order valence-electron chi connectivity index (χ2n) is 3.74. The Labute approximate surface area is 123 Å². The molecule has 1 heterocycles. The van der Waals surface area contributed by atoms with Gasteiger partial charge in [0.05, 0.1) is 19.8 Å². The van der Waals surface area contributed by atoms with Crippen LogP contribution in [0.25, 0.3) is 0 Å². The summed E-state index contributed by atoms with van der Waals surface area (Å²) in [6.45, 7) is 0. The Morgan fingerprint density at radius 1 is 1.30 bits per heavy atom. The van der Waals surface area contributed by atoms with Crippen LogP contribution in [-0.4, -0.2) is 14.3 Å². The lowest BCUT2D eigenvalue weighted by molar-refractivity contribution is 0.103. The second-order valence-corrected chi connectivity index (χ2v) is 7.02. The molecule has 0 aliphatic carbocycles. The van der Waals surface area contributed by atoms with Crippen molar-refractivity contribution in [2.24, 2.45) is 5.14 Å². The van der Waals surface area contributed by atoms with Gasteiger partial charge in [-0.25, -0.2) is 17.9 Å². The van der Waals surface area contributed by atoms with Crippen LogP contribution in [0, 0.1) is 5.82 Å². The van der Waals surface area contributed by atoms with Gasteiger partial charge in [0.1, 0.15) is 5.82 Å². The van der Waals surface area contributed by atoms with E-state index < -0.39 is 21.7 Å². The van der Waals surface area contributed by atoms with E-state index in [0.717, 1.165) is 29.5 Å². The molecule has 1 aromatic heterocycles. The standard InChI is InChI=1S/C11H8ClFN2O3S2/c12-10-4-3-9(19-10)11(16)15-8-5-6(20(14,17)18)1-2-7(8)13/h1-5H,(H,15,16)(H2,14,17,18). The first-order valence-electron chi connectivity index (χ1n) is 5.16. The zero-order chi connectivity index (χ0) is 14.9. The Morgan fingerprint density at radius 2 is 2.00 bits per heavy atom. The number of anilines is 1. The summed E-state index contributed by atoms with van der Waals surface area (Å²) in [6.07, 6.45) is 0. The zero-order valence-electron chi connectivity index (χ0n) is 9.76. The van der Waals surface area contributed by atoms with E-state index in [1.54, 1.807) is 0 Å². The van der Waals surface area contributed by atoms with Gasteiger partial charge >= 0.3 is 0 Å². The lowest BCUT2D eigenvalue weighted by Crippen LogP contribution is -2.15. The summed E-state index contributed by atoms with van der Waals surface area (Å²) in [6, 6.07) is 5.89. The van der Waals surface area contributed by atoms with Crippen molar-refractivity contribution in [3.05, 3.63) is 45.4 Å². The molecule has 3 N–H and O–H groups in total. The third-order valence-corrected chi connectivity index (χ3v) is 4.45. The molecule has 0 unspecified atom stereocenters. The van der Waals surface area contributed by atoms with Crippen molar-refractivity contribution in [1.82, 2.24) is 0 Å². The van der Waals surface area contributed by atoms with Crippen LogP contribution in [0.4, 0.5) is 10.1 Å². The average molecular weight is 335 g/mol. The molecule has 0 saturated heterocycles. The van der Waals surface area contributed by atoms with Gasteiger partial charge < -0.3 is 5.32 Å². The van der Waals surface area contributed by atoms with Crippen molar-refractivity contribution >= 4 is 44.6 Å². The SMILES string of the molecule is NS(=O)(=O)c1ccc(F)c(NC(=O)c2ccc(Cl)s2)c1. The first kappa shape index (κ1) is 14.9. The predicted molar refractivity (Wildman–Crippen MR) is 75.1 cm³/mol. The molecule has 0 aliphatic heterocycles. The lowest BCUT2D eigenvalue weighted by Gasteiger charge is -2.07. The topological polar surface area (TPSA) is 89.3 Å². The molecular formula is C11H8ClFN2O3S2. The van der Waals surface area contributed by atoms with Crippen molar-refractivity contribution < 1.29 is 17.6 Å². The molecular weight excluding hydrogens is 327 g/mol. The van der Waals surface area contributed by atoms with Crippen LogP contribution in [-0.2, 0) is 10.0 Å². The summed E-state index contributed by atoms with van der Waals surface area (Å²) in [7, 11) is -3.97. The Hall–Kier alpha value is -1.48. The van der Waals surface area contributed by atoms with Crippen molar-refractivity contribution in [2.45, 2.75) is 4.90 Å². The lowest BCUT2D eigenvalue weighted by atomic mass is 10.3. The molecule has 2 rings (SSSR count). The number of amides is 1. The van der Waals surface area contributed by atoms with E-state index in [4.69, 9.17) is 16.7 Å². The third kappa shape index (κ3) is 3.34. The molecule has 2 aromatic rings. The number of primary sulfonamides is 1. The van der Waals surface area contributed by atoms with Crippen LogP contribution in [0.3, 0.4) is 0 Å². The number of hydrogen-bond acceptors (Lipinski definition) is 4. The summed E-state index contributed by atoms with van der Waals surface area (Å²) in [5, 5.41) is 7.21. The molecule has 0 radical (unpaired) electrons. The highest BCUT2D eigenvalue weighted by atomic mass is 35.5. The summed E-state index contributed by atoms with van der Waals surface area (Å²) in [5.74, 6) is -1.36.